The Bertz CT molecular complexity index is 319. The molecule has 0 saturated heterocycles. The van der Waals surface area contributed by atoms with Crippen LogP contribution < -0.4 is 5.32 Å². The maximum absolute atomic E-state index is 4.37. The van der Waals surface area contributed by atoms with Crippen molar-refractivity contribution in [3.05, 3.63) is 22.8 Å². The van der Waals surface area contributed by atoms with E-state index in [-0.39, 0.29) is 0 Å². The largest absolute Gasteiger partial charge is 0.366 e. The van der Waals surface area contributed by atoms with Crippen LogP contribution >= 0.6 is 15.9 Å². The van der Waals surface area contributed by atoms with Crippen LogP contribution in [-0.4, -0.2) is 11.0 Å². The molecule has 0 amide bonds. The molecular weight excluding hydrogens is 264 g/mol. The molecule has 1 N–H and O–H groups in total. The van der Waals surface area contributed by atoms with E-state index in [9.17, 15) is 0 Å². The van der Waals surface area contributed by atoms with E-state index < -0.39 is 0 Å². The van der Waals surface area contributed by atoms with Crippen molar-refractivity contribution in [1.82, 2.24) is 4.98 Å². The summed E-state index contributed by atoms with van der Waals surface area (Å²) in [5.41, 5.74) is 0. The second-order valence-electron chi connectivity index (χ2n) is 4.52. The molecule has 1 aliphatic rings. The van der Waals surface area contributed by atoms with Gasteiger partial charge in [-0.05, 0) is 40.9 Å². The van der Waals surface area contributed by atoms with E-state index in [2.05, 4.69) is 26.2 Å². The Hall–Kier alpha value is -0.570. The van der Waals surface area contributed by atoms with Gasteiger partial charge in [-0.3, -0.25) is 0 Å². The summed E-state index contributed by atoms with van der Waals surface area (Å²) in [4.78, 5) is 4.37. The number of nitrogens with one attached hydrogen (secondary N) is 1. The van der Waals surface area contributed by atoms with Gasteiger partial charge in [0.25, 0.3) is 0 Å². The minimum absolute atomic E-state index is 0.603. The molecule has 1 aromatic heterocycles. The van der Waals surface area contributed by atoms with Gasteiger partial charge in [-0.15, -0.1) is 0 Å². The van der Waals surface area contributed by atoms with Crippen LogP contribution in [0.1, 0.15) is 44.9 Å². The highest BCUT2D eigenvalue weighted by Gasteiger charge is 2.12. The first kappa shape index (κ1) is 11.9. The summed E-state index contributed by atoms with van der Waals surface area (Å²) < 4.78 is 1.07. The van der Waals surface area contributed by atoms with Crippen molar-refractivity contribution in [3.63, 3.8) is 0 Å². The van der Waals surface area contributed by atoms with E-state index in [1.807, 2.05) is 18.3 Å². The number of hydrogen-bond acceptors (Lipinski definition) is 2. The Balaban J connectivity index is 1.94. The third kappa shape index (κ3) is 3.48. The van der Waals surface area contributed by atoms with Gasteiger partial charge >= 0.3 is 0 Å². The molecule has 1 aromatic rings. The van der Waals surface area contributed by atoms with Gasteiger partial charge in [0.1, 0.15) is 5.82 Å². The van der Waals surface area contributed by atoms with Crippen LogP contribution in [0.15, 0.2) is 22.8 Å². The number of pyridine rings is 1. The lowest BCUT2D eigenvalue weighted by Crippen LogP contribution is -2.21. The summed E-state index contributed by atoms with van der Waals surface area (Å²) in [6.07, 6.45) is 11.3. The summed E-state index contributed by atoms with van der Waals surface area (Å²) in [6, 6.07) is 4.59. The second-order valence-corrected chi connectivity index (χ2v) is 5.37. The lowest BCUT2D eigenvalue weighted by molar-refractivity contribution is 0.470. The zero-order valence-corrected chi connectivity index (χ0v) is 11.2. The van der Waals surface area contributed by atoms with Crippen molar-refractivity contribution >= 4 is 21.7 Å². The quantitative estimate of drug-likeness (QED) is 0.871. The molecule has 16 heavy (non-hydrogen) atoms. The fourth-order valence-electron chi connectivity index (χ4n) is 2.29. The summed E-state index contributed by atoms with van der Waals surface area (Å²) >= 11 is 3.53. The minimum Gasteiger partial charge on any atom is -0.366 e. The maximum Gasteiger partial charge on any atom is 0.140 e. The molecule has 0 atom stereocenters. The number of anilines is 1. The molecule has 1 heterocycles. The van der Waals surface area contributed by atoms with Crippen LogP contribution in [0, 0.1) is 0 Å². The third-order valence-corrected chi connectivity index (χ3v) is 3.84. The van der Waals surface area contributed by atoms with Crippen molar-refractivity contribution in [2.75, 3.05) is 5.32 Å². The molecule has 1 fully saturated rings. The zero-order valence-electron chi connectivity index (χ0n) is 9.58. The minimum atomic E-state index is 0.603. The van der Waals surface area contributed by atoms with E-state index in [0.717, 1.165) is 10.3 Å². The second kappa shape index (κ2) is 6.24. The average Bonchev–Trinajstić information content (AvgIpc) is 2.24. The van der Waals surface area contributed by atoms with E-state index in [0.29, 0.717) is 6.04 Å². The summed E-state index contributed by atoms with van der Waals surface area (Å²) in [6.45, 7) is 0. The van der Waals surface area contributed by atoms with Gasteiger partial charge in [-0.1, -0.05) is 32.1 Å². The molecule has 3 heteroatoms. The van der Waals surface area contributed by atoms with Crippen LogP contribution in [0.2, 0.25) is 0 Å². The van der Waals surface area contributed by atoms with Crippen LogP contribution in [0.5, 0.6) is 0 Å². The third-order valence-electron chi connectivity index (χ3n) is 3.20. The molecule has 2 rings (SSSR count). The monoisotopic (exact) mass is 282 g/mol. The van der Waals surface area contributed by atoms with Crippen LogP contribution in [0.3, 0.4) is 0 Å². The molecule has 1 aliphatic carbocycles. The van der Waals surface area contributed by atoms with Gasteiger partial charge in [-0.2, -0.15) is 0 Å². The Morgan fingerprint density at radius 2 is 1.81 bits per heavy atom. The first-order valence-corrected chi connectivity index (χ1v) is 7.02. The smallest absolute Gasteiger partial charge is 0.140 e. The Morgan fingerprint density at radius 1 is 1.12 bits per heavy atom. The zero-order chi connectivity index (χ0) is 11.2. The SMILES string of the molecule is Brc1cccnc1NC1CCCCCCC1. The molecule has 88 valence electrons. The summed E-state index contributed by atoms with van der Waals surface area (Å²) in [5, 5.41) is 3.56. The fourth-order valence-corrected chi connectivity index (χ4v) is 2.66. The highest BCUT2D eigenvalue weighted by molar-refractivity contribution is 9.10. The molecule has 2 nitrogen and oxygen atoms in total. The Labute approximate surface area is 106 Å². The number of nitrogens with zero attached hydrogens (tertiary/aromatic N) is 1. The summed E-state index contributed by atoms with van der Waals surface area (Å²) in [5.74, 6) is 0.994. The van der Waals surface area contributed by atoms with Crippen molar-refractivity contribution in [2.45, 2.75) is 51.0 Å². The van der Waals surface area contributed by atoms with E-state index >= 15 is 0 Å². The molecule has 0 spiro atoms. The predicted octanol–water partition coefficient (Wildman–Crippen LogP) is 4.37. The molecule has 1 saturated carbocycles. The number of aromatic nitrogens is 1. The molecule has 0 unspecified atom stereocenters. The standard InChI is InChI=1S/C13H19BrN2/c14-12-9-6-10-15-13(12)16-11-7-4-2-1-3-5-8-11/h6,9-11H,1-5,7-8H2,(H,15,16). The number of halogens is 1. The van der Waals surface area contributed by atoms with E-state index in [4.69, 9.17) is 0 Å². The normalized spacial score (nSPS) is 18.8. The van der Waals surface area contributed by atoms with Gasteiger partial charge in [0.05, 0.1) is 4.47 Å². The number of hydrogen-bond donors (Lipinski definition) is 1. The van der Waals surface area contributed by atoms with Crippen molar-refractivity contribution in [1.29, 1.82) is 0 Å². The van der Waals surface area contributed by atoms with Gasteiger partial charge in [0.2, 0.25) is 0 Å². The first-order chi connectivity index (χ1) is 7.86. The molecule has 0 aromatic carbocycles. The van der Waals surface area contributed by atoms with Crippen LogP contribution in [0.25, 0.3) is 0 Å². The fraction of sp³-hybridized carbons (Fsp3) is 0.615. The lowest BCUT2D eigenvalue weighted by atomic mass is 9.97. The first-order valence-electron chi connectivity index (χ1n) is 6.23. The van der Waals surface area contributed by atoms with Gasteiger partial charge in [0, 0.05) is 12.2 Å². The summed E-state index contributed by atoms with van der Waals surface area (Å²) in [7, 11) is 0. The molecule has 0 aliphatic heterocycles. The van der Waals surface area contributed by atoms with E-state index in [1.165, 1.54) is 44.9 Å². The van der Waals surface area contributed by atoms with E-state index in [1.54, 1.807) is 0 Å². The molecule has 0 bridgehead atoms. The predicted molar refractivity (Wildman–Crippen MR) is 71.7 cm³/mol. The van der Waals surface area contributed by atoms with Crippen molar-refractivity contribution in [3.8, 4) is 0 Å². The van der Waals surface area contributed by atoms with Crippen molar-refractivity contribution < 1.29 is 0 Å². The van der Waals surface area contributed by atoms with Crippen molar-refractivity contribution in [2.24, 2.45) is 0 Å². The Kier molecular flexibility index (Phi) is 4.64. The van der Waals surface area contributed by atoms with Gasteiger partial charge in [0.15, 0.2) is 0 Å². The lowest BCUT2D eigenvalue weighted by Gasteiger charge is -2.22. The van der Waals surface area contributed by atoms with Crippen LogP contribution in [-0.2, 0) is 0 Å². The number of rotatable bonds is 2. The topological polar surface area (TPSA) is 24.9 Å². The maximum atomic E-state index is 4.37. The Morgan fingerprint density at radius 3 is 2.50 bits per heavy atom. The van der Waals surface area contributed by atoms with Gasteiger partial charge < -0.3 is 5.32 Å². The van der Waals surface area contributed by atoms with Crippen LogP contribution in [0.4, 0.5) is 5.82 Å². The van der Waals surface area contributed by atoms with Gasteiger partial charge in [-0.25, -0.2) is 4.98 Å². The molecular formula is C13H19BrN2. The highest BCUT2D eigenvalue weighted by Crippen LogP contribution is 2.24. The highest BCUT2D eigenvalue weighted by atomic mass is 79.9. The average molecular weight is 283 g/mol. The molecule has 0 radical (unpaired) electrons.